The molecule has 1 amide bonds. The van der Waals surface area contributed by atoms with Crippen molar-refractivity contribution in [2.24, 2.45) is 5.92 Å². The van der Waals surface area contributed by atoms with Gasteiger partial charge in [-0.15, -0.1) is 0 Å². The standard InChI is InChI=1S/C20H26FNO2/c21-15-6-4-5-14(11-15)17-12-18(17)19(23)22-16-7-10-24-20(13-16)8-2-1-3-9-20/h4-6,11,16-18H,1-3,7-10,12-13H2,(H,22,23)/t16-,17-,18+/m1/s1. The number of carbonyl (C=O) groups is 1. The molecular weight excluding hydrogens is 305 g/mol. The van der Waals surface area contributed by atoms with Gasteiger partial charge in [-0.05, 0) is 55.7 Å². The number of carbonyl (C=O) groups excluding carboxylic acids is 1. The quantitative estimate of drug-likeness (QED) is 0.911. The van der Waals surface area contributed by atoms with E-state index >= 15 is 0 Å². The fourth-order valence-electron chi connectivity index (χ4n) is 4.59. The number of rotatable bonds is 3. The van der Waals surface area contributed by atoms with Crippen molar-refractivity contribution in [2.45, 2.75) is 68.9 Å². The van der Waals surface area contributed by atoms with Crippen molar-refractivity contribution in [3.05, 3.63) is 35.6 Å². The van der Waals surface area contributed by atoms with Crippen LogP contribution in [-0.4, -0.2) is 24.2 Å². The Morgan fingerprint density at radius 1 is 1.25 bits per heavy atom. The van der Waals surface area contributed by atoms with E-state index in [-0.39, 0.29) is 35.2 Å². The van der Waals surface area contributed by atoms with Gasteiger partial charge in [-0.2, -0.15) is 0 Å². The highest BCUT2D eigenvalue weighted by molar-refractivity contribution is 5.83. The monoisotopic (exact) mass is 331 g/mol. The van der Waals surface area contributed by atoms with Crippen LogP contribution >= 0.6 is 0 Å². The third-order valence-electron chi connectivity index (χ3n) is 6.01. The van der Waals surface area contributed by atoms with E-state index in [1.807, 2.05) is 6.07 Å². The molecule has 1 aromatic carbocycles. The zero-order valence-electron chi connectivity index (χ0n) is 14.1. The van der Waals surface area contributed by atoms with Crippen LogP contribution in [0.5, 0.6) is 0 Å². The Bertz CT molecular complexity index is 606. The molecule has 2 saturated carbocycles. The van der Waals surface area contributed by atoms with Crippen molar-refractivity contribution in [2.75, 3.05) is 6.61 Å². The zero-order valence-corrected chi connectivity index (χ0v) is 14.1. The van der Waals surface area contributed by atoms with Gasteiger partial charge in [0.15, 0.2) is 0 Å². The fraction of sp³-hybridized carbons (Fsp3) is 0.650. The number of halogens is 1. The average molecular weight is 331 g/mol. The maximum atomic E-state index is 13.3. The van der Waals surface area contributed by atoms with Gasteiger partial charge in [0.2, 0.25) is 5.91 Å². The molecule has 3 nitrogen and oxygen atoms in total. The first-order chi connectivity index (χ1) is 11.7. The minimum absolute atomic E-state index is 0.0111. The van der Waals surface area contributed by atoms with Crippen LogP contribution in [0.3, 0.4) is 0 Å². The second-order valence-corrected chi connectivity index (χ2v) is 7.79. The number of benzene rings is 1. The average Bonchev–Trinajstić information content (AvgIpc) is 3.36. The summed E-state index contributed by atoms with van der Waals surface area (Å²) in [6, 6.07) is 6.89. The van der Waals surface area contributed by atoms with E-state index in [9.17, 15) is 9.18 Å². The van der Waals surface area contributed by atoms with Gasteiger partial charge in [0, 0.05) is 18.6 Å². The summed E-state index contributed by atoms with van der Waals surface area (Å²) >= 11 is 0. The van der Waals surface area contributed by atoms with Gasteiger partial charge in [-0.3, -0.25) is 4.79 Å². The van der Waals surface area contributed by atoms with Crippen molar-refractivity contribution in [1.82, 2.24) is 5.32 Å². The molecule has 4 rings (SSSR count). The van der Waals surface area contributed by atoms with Gasteiger partial charge in [0.25, 0.3) is 0 Å². The molecule has 1 aliphatic heterocycles. The molecule has 0 unspecified atom stereocenters. The van der Waals surface area contributed by atoms with Crippen molar-refractivity contribution >= 4 is 5.91 Å². The van der Waals surface area contributed by atoms with E-state index in [4.69, 9.17) is 4.74 Å². The van der Waals surface area contributed by atoms with Gasteiger partial charge in [-0.25, -0.2) is 4.39 Å². The summed E-state index contributed by atoms with van der Waals surface area (Å²) in [6.07, 6.45) is 8.75. The number of hydrogen-bond acceptors (Lipinski definition) is 2. The molecule has 3 aliphatic rings. The SMILES string of the molecule is O=C(N[C@@H]1CCOC2(CCCCC2)C1)[C@H]1C[C@@H]1c1cccc(F)c1. The minimum Gasteiger partial charge on any atom is -0.375 e. The Morgan fingerprint density at radius 3 is 2.88 bits per heavy atom. The highest BCUT2D eigenvalue weighted by atomic mass is 19.1. The second-order valence-electron chi connectivity index (χ2n) is 7.79. The lowest BCUT2D eigenvalue weighted by molar-refractivity contribution is -0.129. The van der Waals surface area contributed by atoms with Crippen molar-refractivity contribution in [3.8, 4) is 0 Å². The molecule has 130 valence electrons. The molecule has 0 bridgehead atoms. The van der Waals surface area contributed by atoms with Crippen LogP contribution in [0.4, 0.5) is 4.39 Å². The third kappa shape index (κ3) is 3.34. The predicted octanol–water partition coefficient (Wildman–Crippen LogP) is 3.93. The van der Waals surface area contributed by atoms with Crippen LogP contribution in [0.25, 0.3) is 0 Å². The van der Waals surface area contributed by atoms with Gasteiger partial charge in [0.1, 0.15) is 5.82 Å². The van der Waals surface area contributed by atoms with E-state index in [0.29, 0.717) is 0 Å². The molecule has 1 N–H and O–H groups in total. The molecule has 1 saturated heterocycles. The van der Waals surface area contributed by atoms with Crippen LogP contribution in [0.2, 0.25) is 0 Å². The van der Waals surface area contributed by atoms with Crippen molar-refractivity contribution < 1.29 is 13.9 Å². The Morgan fingerprint density at radius 2 is 2.08 bits per heavy atom. The highest BCUT2D eigenvalue weighted by Gasteiger charge is 2.46. The van der Waals surface area contributed by atoms with Gasteiger partial charge < -0.3 is 10.1 Å². The van der Waals surface area contributed by atoms with Gasteiger partial charge in [0.05, 0.1) is 5.60 Å². The van der Waals surface area contributed by atoms with Crippen molar-refractivity contribution in [1.29, 1.82) is 0 Å². The summed E-state index contributed by atoms with van der Waals surface area (Å²) in [5.74, 6) is 0.116. The molecule has 1 spiro atoms. The maximum absolute atomic E-state index is 13.3. The van der Waals surface area contributed by atoms with E-state index in [1.54, 1.807) is 12.1 Å². The molecule has 3 fully saturated rings. The molecule has 24 heavy (non-hydrogen) atoms. The van der Waals surface area contributed by atoms with Crippen LogP contribution in [-0.2, 0) is 9.53 Å². The normalized spacial score (nSPS) is 31.6. The third-order valence-corrected chi connectivity index (χ3v) is 6.01. The lowest BCUT2D eigenvalue weighted by Gasteiger charge is -2.43. The molecule has 0 radical (unpaired) electrons. The first kappa shape index (κ1) is 16.1. The maximum Gasteiger partial charge on any atom is 0.223 e. The number of hydrogen-bond donors (Lipinski definition) is 1. The van der Waals surface area contributed by atoms with Crippen LogP contribution in [0.1, 0.15) is 62.8 Å². The lowest BCUT2D eigenvalue weighted by atomic mass is 9.78. The topological polar surface area (TPSA) is 38.3 Å². The summed E-state index contributed by atoms with van der Waals surface area (Å²) in [7, 11) is 0. The van der Waals surface area contributed by atoms with E-state index in [1.165, 1.54) is 25.3 Å². The fourth-order valence-corrected chi connectivity index (χ4v) is 4.59. The molecule has 0 aromatic heterocycles. The number of ether oxygens (including phenoxy) is 1. The van der Waals surface area contributed by atoms with Crippen LogP contribution < -0.4 is 5.32 Å². The lowest BCUT2D eigenvalue weighted by Crippen LogP contribution is -2.49. The predicted molar refractivity (Wildman–Crippen MR) is 90.2 cm³/mol. The summed E-state index contributed by atoms with van der Waals surface area (Å²) in [4.78, 5) is 12.6. The van der Waals surface area contributed by atoms with E-state index in [0.717, 1.165) is 44.3 Å². The molecular formula is C20H26FNO2. The Kier molecular flexibility index (Phi) is 4.33. The molecule has 1 heterocycles. The number of amides is 1. The summed E-state index contributed by atoms with van der Waals surface area (Å²) in [6.45, 7) is 0.753. The first-order valence-electron chi connectivity index (χ1n) is 9.35. The van der Waals surface area contributed by atoms with Crippen molar-refractivity contribution in [3.63, 3.8) is 0 Å². The summed E-state index contributed by atoms with van der Waals surface area (Å²) < 4.78 is 19.4. The van der Waals surface area contributed by atoms with Crippen LogP contribution in [0, 0.1) is 11.7 Å². The van der Waals surface area contributed by atoms with Gasteiger partial charge in [-0.1, -0.05) is 31.4 Å². The number of nitrogens with one attached hydrogen (secondary N) is 1. The smallest absolute Gasteiger partial charge is 0.223 e. The van der Waals surface area contributed by atoms with Crippen LogP contribution in [0.15, 0.2) is 24.3 Å². The zero-order chi connectivity index (χ0) is 16.6. The molecule has 3 atom stereocenters. The largest absolute Gasteiger partial charge is 0.375 e. The Labute approximate surface area is 143 Å². The minimum atomic E-state index is -0.220. The molecule has 2 aliphatic carbocycles. The Hall–Kier alpha value is -1.42. The Balaban J connectivity index is 1.33. The van der Waals surface area contributed by atoms with Gasteiger partial charge >= 0.3 is 0 Å². The summed E-state index contributed by atoms with van der Waals surface area (Å²) in [5.41, 5.74) is 0.964. The molecule has 4 heteroatoms. The van der Waals surface area contributed by atoms with E-state index < -0.39 is 0 Å². The highest BCUT2D eigenvalue weighted by Crippen LogP contribution is 2.48. The second kappa shape index (κ2) is 6.47. The summed E-state index contributed by atoms with van der Waals surface area (Å²) in [5, 5.41) is 3.25. The van der Waals surface area contributed by atoms with E-state index in [2.05, 4.69) is 5.32 Å². The molecule has 1 aromatic rings. The first-order valence-corrected chi connectivity index (χ1v) is 9.35.